The van der Waals surface area contributed by atoms with Crippen molar-refractivity contribution in [1.29, 1.82) is 0 Å². The van der Waals surface area contributed by atoms with Crippen LogP contribution in [0.3, 0.4) is 0 Å². The van der Waals surface area contributed by atoms with Gasteiger partial charge in [0.05, 0.1) is 18.8 Å². The maximum Gasteiger partial charge on any atom is 0.254 e. The normalized spacial score (nSPS) is 24.8. The summed E-state index contributed by atoms with van der Waals surface area (Å²) in [6.45, 7) is 4.27. The molecule has 9 rings (SSSR count). The summed E-state index contributed by atoms with van der Waals surface area (Å²) in [5, 5.41) is 15.0. The number of hydrogen-bond acceptors (Lipinski definition) is 10. The zero-order chi connectivity index (χ0) is 26.9. The van der Waals surface area contributed by atoms with Crippen LogP contribution in [0.25, 0.3) is 22.1 Å². The predicted molar refractivity (Wildman–Crippen MR) is 137 cm³/mol. The van der Waals surface area contributed by atoms with Gasteiger partial charge in [0.2, 0.25) is 0 Å². The zero-order valence-corrected chi connectivity index (χ0v) is 21.3. The molecule has 0 radical (unpaired) electrons. The number of aromatic nitrogens is 4. The van der Waals surface area contributed by atoms with Crippen molar-refractivity contribution in [3.8, 4) is 0 Å². The summed E-state index contributed by atoms with van der Waals surface area (Å²) >= 11 is 0. The molecule has 4 aromatic rings. The highest BCUT2D eigenvalue weighted by molar-refractivity contribution is 5.98. The van der Waals surface area contributed by atoms with Gasteiger partial charge in [-0.05, 0) is 95.0 Å². The van der Waals surface area contributed by atoms with Crippen molar-refractivity contribution in [2.45, 2.75) is 50.3 Å². The molecule has 6 heterocycles. The molecule has 2 aromatic carbocycles. The van der Waals surface area contributed by atoms with Gasteiger partial charge < -0.3 is 19.3 Å². The first-order valence-electron chi connectivity index (χ1n) is 13.1. The second kappa shape index (κ2) is 10.5. The van der Waals surface area contributed by atoms with E-state index in [4.69, 9.17) is 9.53 Å². The van der Waals surface area contributed by atoms with Gasteiger partial charge in [0.15, 0.2) is 0 Å². The molecule has 39 heavy (non-hydrogen) atoms. The molecule has 5 aliphatic rings. The third kappa shape index (κ3) is 4.76. The molecule has 1 aliphatic carbocycles. The lowest BCUT2D eigenvalue weighted by atomic mass is 9.79. The van der Waals surface area contributed by atoms with Gasteiger partial charge in [-0.3, -0.25) is 9.59 Å². The lowest BCUT2D eigenvalue weighted by molar-refractivity contribution is -0.0980. The van der Waals surface area contributed by atoms with Crippen LogP contribution in [0.4, 0.5) is 0 Å². The number of benzene rings is 2. The topological polar surface area (TPSA) is 145 Å². The van der Waals surface area contributed by atoms with Crippen LogP contribution >= 0.6 is 0 Å². The quantitative estimate of drug-likeness (QED) is 0.378. The first-order chi connectivity index (χ1) is 19.1. The number of fused-ring (bicyclic) bond motifs is 7. The van der Waals surface area contributed by atoms with Gasteiger partial charge in [0.1, 0.15) is 28.9 Å². The number of carbonyl (C=O) groups excluding carboxylic acids is 3. The van der Waals surface area contributed by atoms with E-state index >= 15 is 0 Å². The molecule has 4 saturated heterocycles. The maximum absolute atomic E-state index is 12.6. The molecule has 202 valence electrons. The Hall–Kier alpha value is -4.19. The van der Waals surface area contributed by atoms with Crippen molar-refractivity contribution in [3.05, 3.63) is 47.5 Å². The third-order valence-electron chi connectivity index (χ3n) is 8.14. The van der Waals surface area contributed by atoms with Crippen molar-refractivity contribution in [3.63, 3.8) is 0 Å². The molecule has 5 fully saturated rings. The second-order valence-corrected chi connectivity index (χ2v) is 10.4. The molecule has 2 aromatic heterocycles. The van der Waals surface area contributed by atoms with Gasteiger partial charge in [-0.15, -0.1) is 0 Å². The molecule has 2 amide bonds. The Morgan fingerprint density at radius 2 is 1.26 bits per heavy atom. The van der Waals surface area contributed by atoms with Crippen LogP contribution in [0.5, 0.6) is 0 Å². The summed E-state index contributed by atoms with van der Waals surface area (Å²) in [4.78, 5) is 36.9. The van der Waals surface area contributed by atoms with Gasteiger partial charge in [0.25, 0.3) is 11.8 Å². The largest absolute Gasteiger partial charge is 0.374 e. The summed E-state index contributed by atoms with van der Waals surface area (Å²) in [5.41, 5.74) is 3.94. The van der Waals surface area contributed by atoms with E-state index in [1.165, 1.54) is 12.8 Å². The molecule has 2 atom stereocenters. The fraction of sp³-hybridized carbons (Fsp3) is 0.444. The first kappa shape index (κ1) is 25.1. The average Bonchev–Trinajstić information content (AvgIpc) is 3.82. The number of rotatable bonds is 2. The Bertz CT molecular complexity index is 1490. The van der Waals surface area contributed by atoms with E-state index in [1.54, 1.807) is 30.3 Å². The molecule has 2 unspecified atom stereocenters. The minimum absolute atomic E-state index is 0.0377. The minimum atomic E-state index is 0.0377. The smallest absolute Gasteiger partial charge is 0.254 e. The lowest BCUT2D eigenvalue weighted by Gasteiger charge is -2.45. The molecule has 12 heteroatoms. The summed E-state index contributed by atoms with van der Waals surface area (Å²) in [5.74, 6) is 0.862. The van der Waals surface area contributed by atoms with E-state index in [0.29, 0.717) is 58.3 Å². The van der Waals surface area contributed by atoms with Gasteiger partial charge in [-0.2, -0.15) is 0 Å². The molecule has 0 spiro atoms. The number of nitrogens with zero attached hydrogens (tertiary/aromatic N) is 6. The maximum atomic E-state index is 12.6. The van der Waals surface area contributed by atoms with Crippen molar-refractivity contribution < 1.29 is 28.4 Å². The average molecular weight is 533 g/mol. The Morgan fingerprint density at radius 3 is 1.72 bits per heavy atom. The number of carbonyl (C=O) groups is 3. The highest BCUT2D eigenvalue weighted by atomic mass is 16.6. The second-order valence-electron chi connectivity index (χ2n) is 10.4. The van der Waals surface area contributed by atoms with Crippen LogP contribution in [-0.2, 0) is 9.53 Å². The minimum Gasteiger partial charge on any atom is -0.374 e. The monoisotopic (exact) mass is 532 g/mol. The van der Waals surface area contributed by atoms with Gasteiger partial charge in [0, 0.05) is 30.3 Å². The summed E-state index contributed by atoms with van der Waals surface area (Å²) < 4.78 is 14.8. The van der Waals surface area contributed by atoms with Crippen molar-refractivity contribution in [2.75, 3.05) is 19.7 Å². The molecule has 0 N–H and O–H groups in total. The van der Waals surface area contributed by atoms with Crippen LogP contribution in [0.1, 0.15) is 52.8 Å². The van der Waals surface area contributed by atoms with Gasteiger partial charge >= 0.3 is 0 Å². The standard InChI is InChI=1S/C14H15N3O2.C12H11N3O3.CH2O/c18-14(17-8-9-1-4-11(17)5-2-9)10-3-6-12-13(7-10)16-19-15-12;16-12(15-5-9-4-8(15)6-17-9)7-1-2-10-11(3-7)14-18-13-10;1-2/h3,6-7,9,11H,1-2,4-5,8H2;1-3,8-9H,4-6H2;1H2. The zero-order valence-electron chi connectivity index (χ0n) is 21.3. The predicted octanol–water partition coefficient (Wildman–Crippen LogP) is 2.89. The molecule has 4 aliphatic heterocycles. The van der Waals surface area contributed by atoms with E-state index in [-0.39, 0.29) is 24.0 Å². The Kier molecular flexibility index (Phi) is 6.77. The molecular formula is C27H28N6O6. The fourth-order valence-electron chi connectivity index (χ4n) is 6.13. The first-order valence-corrected chi connectivity index (χ1v) is 13.1. The number of likely N-dealkylation sites (tertiary alicyclic amines) is 1. The number of piperidine rings is 2. The van der Waals surface area contributed by atoms with Crippen LogP contribution in [0, 0.1) is 5.92 Å². The van der Waals surface area contributed by atoms with Crippen LogP contribution < -0.4 is 0 Å². The summed E-state index contributed by atoms with van der Waals surface area (Å²) in [7, 11) is 0. The van der Waals surface area contributed by atoms with Gasteiger partial charge in [-0.25, -0.2) is 9.26 Å². The summed E-state index contributed by atoms with van der Waals surface area (Å²) in [6, 6.07) is 11.3. The molecular weight excluding hydrogens is 504 g/mol. The van der Waals surface area contributed by atoms with Crippen molar-refractivity contribution in [1.82, 2.24) is 30.4 Å². The Labute approximate surface area is 223 Å². The van der Waals surface area contributed by atoms with Crippen molar-refractivity contribution in [2.24, 2.45) is 5.92 Å². The number of ether oxygens (including phenoxy) is 1. The van der Waals surface area contributed by atoms with Gasteiger partial charge in [-0.1, -0.05) is 0 Å². The van der Waals surface area contributed by atoms with E-state index in [1.807, 2.05) is 22.7 Å². The van der Waals surface area contributed by atoms with Crippen LogP contribution in [0.15, 0.2) is 45.7 Å². The molecule has 12 nitrogen and oxygen atoms in total. The van der Waals surface area contributed by atoms with E-state index in [2.05, 4.69) is 29.9 Å². The Morgan fingerprint density at radius 1 is 0.718 bits per heavy atom. The number of amides is 2. The summed E-state index contributed by atoms with van der Waals surface area (Å²) in [6.07, 6.45) is 6.05. The van der Waals surface area contributed by atoms with Crippen molar-refractivity contribution >= 4 is 40.7 Å². The lowest BCUT2D eigenvalue weighted by Crippen LogP contribution is -2.50. The third-order valence-corrected chi connectivity index (χ3v) is 8.14. The highest BCUT2D eigenvalue weighted by Crippen LogP contribution is 2.35. The molecule has 1 saturated carbocycles. The van der Waals surface area contributed by atoms with E-state index < -0.39 is 0 Å². The number of morpholine rings is 1. The van der Waals surface area contributed by atoms with Crippen LogP contribution in [-0.4, -0.2) is 86.9 Å². The fourth-order valence-corrected chi connectivity index (χ4v) is 6.13. The van der Waals surface area contributed by atoms with Crippen LogP contribution in [0.2, 0.25) is 0 Å². The van der Waals surface area contributed by atoms with E-state index in [0.717, 1.165) is 25.8 Å². The Balaban J connectivity index is 0.000000134. The SMILES string of the molecule is C=O.O=C(c1ccc2nonc2c1)N1CC2CC1CO2.O=C(c1ccc2nonc2c1)N1CC2CCC1CC2. The molecule has 4 bridgehead atoms. The highest BCUT2D eigenvalue weighted by Gasteiger charge is 2.41. The number of hydrogen-bond donors (Lipinski definition) is 0. The van der Waals surface area contributed by atoms with E-state index in [9.17, 15) is 9.59 Å².